The van der Waals surface area contributed by atoms with Crippen molar-refractivity contribution in [1.82, 2.24) is 10.2 Å². The van der Waals surface area contributed by atoms with Crippen LogP contribution in [0.5, 0.6) is 0 Å². The van der Waals surface area contributed by atoms with Crippen LogP contribution in [-0.4, -0.2) is 55.5 Å². The first-order valence-corrected chi connectivity index (χ1v) is 7.88. The first kappa shape index (κ1) is 16.4. The van der Waals surface area contributed by atoms with Crippen molar-refractivity contribution in [2.75, 3.05) is 33.4 Å². The average molecular weight is 292 g/mol. The zero-order valence-electron chi connectivity index (χ0n) is 13.2. The van der Waals surface area contributed by atoms with Crippen LogP contribution in [0.25, 0.3) is 0 Å². The lowest BCUT2D eigenvalue weighted by atomic mass is 10.00. The number of hydrogen-bond donors (Lipinski definition) is 2. The molecule has 21 heavy (non-hydrogen) atoms. The molecule has 0 radical (unpaired) electrons. The van der Waals surface area contributed by atoms with E-state index < -0.39 is 0 Å². The highest BCUT2D eigenvalue weighted by molar-refractivity contribution is 5.29. The molecule has 2 N–H and O–H groups in total. The van der Waals surface area contributed by atoms with E-state index in [2.05, 4.69) is 41.4 Å². The molecule has 4 nitrogen and oxygen atoms in total. The third-order valence-electron chi connectivity index (χ3n) is 4.14. The van der Waals surface area contributed by atoms with Crippen LogP contribution >= 0.6 is 0 Å². The molecule has 2 rings (SSSR count). The summed E-state index contributed by atoms with van der Waals surface area (Å²) >= 11 is 0. The fraction of sp³-hybridized carbons (Fsp3) is 0.647. The Morgan fingerprint density at radius 3 is 2.86 bits per heavy atom. The Kier molecular flexibility index (Phi) is 6.64. The second-order valence-electron chi connectivity index (χ2n) is 6.00. The Labute approximate surface area is 128 Å². The van der Waals surface area contributed by atoms with Gasteiger partial charge in [0.05, 0.1) is 6.10 Å². The third kappa shape index (κ3) is 5.40. The van der Waals surface area contributed by atoms with Gasteiger partial charge in [0.1, 0.15) is 0 Å². The van der Waals surface area contributed by atoms with E-state index >= 15 is 0 Å². The maximum absolute atomic E-state index is 10.2. The Morgan fingerprint density at radius 1 is 1.33 bits per heavy atom. The molecule has 1 aliphatic heterocycles. The minimum atomic E-state index is -0.319. The van der Waals surface area contributed by atoms with Gasteiger partial charge in [-0.1, -0.05) is 24.3 Å². The van der Waals surface area contributed by atoms with Crippen LogP contribution < -0.4 is 5.32 Å². The quantitative estimate of drug-likeness (QED) is 0.761. The van der Waals surface area contributed by atoms with Gasteiger partial charge in [-0.2, -0.15) is 0 Å². The molecule has 0 aromatic heterocycles. The summed E-state index contributed by atoms with van der Waals surface area (Å²) in [6, 6.07) is 8.98. The molecule has 1 aliphatic rings. The van der Waals surface area contributed by atoms with Gasteiger partial charge in [-0.05, 0) is 30.9 Å². The van der Waals surface area contributed by atoms with E-state index in [0.717, 1.165) is 39.1 Å². The van der Waals surface area contributed by atoms with Crippen molar-refractivity contribution in [1.29, 1.82) is 0 Å². The Balaban J connectivity index is 1.70. The van der Waals surface area contributed by atoms with Crippen molar-refractivity contribution in [3.05, 3.63) is 35.4 Å². The van der Waals surface area contributed by atoms with Gasteiger partial charge < -0.3 is 15.2 Å². The summed E-state index contributed by atoms with van der Waals surface area (Å²) in [5.41, 5.74) is 2.85. The number of nitrogens with one attached hydrogen (secondary N) is 1. The molecular weight excluding hydrogens is 264 g/mol. The van der Waals surface area contributed by atoms with Gasteiger partial charge in [-0.25, -0.2) is 0 Å². The number of benzene rings is 1. The van der Waals surface area contributed by atoms with Gasteiger partial charge in [0.2, 0.25) is 0 Å². The van der Waals surface area contributed by atoms with Crippen LogP contribution in [0.2, 0.25) is 0 Å². The molecule has 2 unspecified atom stereocenters. The lowest BCUT2D eigenvalue weighted by Crippen LogP contribution is -2.42. The predicted molar refractivity (Wildman–Crippen MR) is 85.4 cm³/mol. The molecule has 1 aromatic rings. The highest BCUT2D eigenvalue weighted by atomic mass is 16.5. The lowest BCUT2D eigenvalue weighted by molar-refractivity contribution is 0.100. The van der Waals surface area contributed by atoms with Crippen molar-refractivity contribution in [2.24, 2.45) is 0 Å². The second kappa shape index (κ2) is 8.49. The number of aliphatic hydroxyl groups excluding tert-OH is 1. The summed E-state index contributed by atoms with van der Waals surface area (Å²) in [4.78, 5) is 2.34. The molecule has 0 saturated heterocycles. The smallest absolute Gasteiger partial charge is 0.0791 e. The zero-order valence-corrected chi connectivity index (χ0v) is 13.2. The van der Waals surface area contributed by atoms with Crippen LogP contribution in [0.4, 0.5) is 0 Å². The number of ether oxygens (including phenoxy) is 1. The van der Waals surface area contributed by atoms with Crippen LogP contribution in [0.15, 0.2) is 24.3 Å². The van der Waals surface area contributed by atoms with Crippen LogP contribution in [0.1, 0.15) is 24.5 Å². The van der Waals surface area contributed by atoms with Crippen molar-refractivity contribution in [3.8, 4) is 0 Å². The maximum Gasteiger partial charge on any atom is 0.0791 e. The average Bonchev–Trinajstić information content (AvgIpc) is 2.50. The van der Waals surface area contributed by atoms with Gasteiger partial charge in [0.25, 0.3) is 0 Å². The number of fused-ring (bicyclic) bond motifs is 1. The molecule has 2 atom stereocenters. The summed E-state index contributed by atoms with van der Waals surface area (Å²) in [6.45, 7) is 6.25. The van der Waals surface area contributed by atoms with E-state index in [1.807, 2.05) is 0 Å². The monoisotopic (exact) mass is 292 g/mol. The Bertz CT molecular complexity index is 425. The van der Waals surface area contributed by atoms with Crippen molar-refractivity contribution in [3.63, 3.8) is 0 Å². The Morgan fingerprint density at radius 2 is 2.10 bits per heavy atom. The minimum Gasteiger partial charge on any atom is -0.390 e. The molecule has 0 saturated carbocycles. The third-order valence-corrected chi connectivity index (χ3v) is 4.14. The van der Waals surface area contributed by atoms with E-state index in [0.29, 0.717) is 12.6 Å². The highest BCUT2D eigenvalue weighted by Crippen LogP contribution is 2.18. The topological polar surface area (TPSA) is 44.7 Å². The predicted octanol–water partition coefficient (Wildman–Crippen LogP) is 1.42. The van der Waals surface area contributed by atoms with E-state index in [4.69, 9.17) is 4.74 Å². The SMILES string of the molecule is COCCC(C)NCC(O)CN1CCc2ccccc2C1. The van der Waals surface area contributed by atoms with E-state index in [1.54, 1.807) is 7.11 Å². The minimum absolute atomic E-state index is 0.319. The molecule has 118 valence electrons. The van der Waals surface area contributed by atoms with Gasteiger partial charge in [0, 0.05) is 45.9 Å². The van der Waals surface area contributed by atoms with Crippen molar-refractivity contribution in [2.45, 2.75) is 38.5 Å². The van der Waals surface area contributed by atoms with Crippen LogP contribution in [0, 0.1) is 0 Å². The molecule has 0 spiro atoms. The largest absolute Gasteiger partial charge is 0.390 e. The molecule has 0 bridgehead atoms. The maximum atomic E-state index is 10.2. The normalized spacial score (nSPS) is 18.2. The highest BCUT2D eigenvalue weighted by Gasteiger charge is 2.18. The van der Waals surface area contributed by atoms with E-state index in [1.165, 1.54) is 11.1 Å². The lowest BCUT2D eigenvalue weighted by Gasteiger charge is -2.30. The van der Waals surface area contributed by atoms with Crippen LogP contribution in [-0.2, 0) is 17.7 Å². The summed E-state index contributed by atoms with van der Waals surface area (Å²) in [6.07, 6.45) is 1.74. The fourth-order valence-corrected chi connectivity index (χ4v) is 2.81. The molecule has 1 aromatic carbocycles. The fourth-order valence-electron chi connectivity index (χ4n) is 2.81. The van der Waals surface area contributed by atoms with E-state index in [-0.39, 0.29) is 6.10 Å². The molecule has 0 fully saturated rings. The summed E-state index contributed by atoms with van der Waals surface area (Å²) in [7, 11) is 1.72. The molecule has 1 heterocycles. The molecular formula is C17H28N2O2. The zero-order chi connectivity index (χ0) is 15.1. The van der Waals surface area contributed by atoms with Crippen molar-refractivity contribution >= 4 is 0 Å². The molecule has 0 aliphatic carbocycles. The summed E-state index contributed by atoms with van der Waals surface area (Å²) in [5.74, 6) is 0. The first-order valence-electron chi connectivity index (χ1n) is 7.88. The van der Waals surface area contributed by atoms with Crippen molar-refractivity contribution < 1.29 is 9.84 Å². The second-order valence-corrected chi connectivity index (χ2v) is 6.00. The number of methoxy groups -OCH3 is 1. The van der Waals surface area contributed by atoms with E-state index in [9.17, 15) is 5.11 Å². The molecule has 0 amide bonds. The molecule has 4 heteroatoms. The van der Waals surface area contributed by atoms with Gasteiger partial charge in [-0.3, -0.25) is 4.90 Å². The van der Waals surface area contributed by atoms with Gasteiger partial charge in [-0.15, -0.1) is 0 Å². The number of β-amino-alcohol motifs (C(OH)–C–C–N with tert-alkyl or cyclic N) is 1. The van der Waals surface area contributed by atoms with Gasteiger partial charge in [0.15, 0.2) is 0 Å². The Hall–Kier alpha value is -0.940. The number of hydrogen-bond acceptors (Lipinski definition) is 4. The standard InChI is InChI=1S/C17H28N2O2/c1-14(8-10-21-2)18-11-17(20)13-19-9-7-15-5-3-4-6-16(15)12-19/h3-6,14,17-18,20H,7-13H2,1-2H3. The summed E-state index contributed by atoms with van der Waals surface area (Å²) in [5, 5.41) is 13.6. The van der Waals surface area contributed by atoms with Crippen LogP contribution in [0.3, 0.4) is 0 Å². The number of nitrogens with zero attached hydrogens (tertiary/aromatic N) is 1. The van der Waals surface area contributed by atoms with Gasteiger partial charge >= 0.3 is 0 Å². The number of rotatable bonds is 8. The number of aliphatic hydroxyl groups is 1. The summed E-state index contributed by atoms with van der Waals surface area (Å²) < 4.78 is 5.06. The first-order chi connectivity index (χ1) is 10.2.